The number of para-hydroxylation sites is 4. The highest BCUT2D eigenvalue weighted by atomic mass is 32.2. The zero-order chi connectivity index (χ0) is 18.8. The lowest BCUT2D eigenvalue weighted by Gasteiger charge is -2.19. The highest BCUT2D eigenvalue weighted by Gasteiger charge is 2.15. The maximum Gasteiger partial charge on any atom is 0.130 e. The zero-order valence-corrected chi connectivity index (χ0v) is 16.1. The molecule has 4 aromatic carbocycles. The third-order valence-corrected chi connectivity index (χ3v) is 5.96. The van der Waals surface area contributed by atoms with Crippen molar-refractivity contribution in [3.63, 3.8) is 0 Å². The van der Waals surface area contributed by atoms with Crippen LogP contribution >= 0.6 is 11.8 Å². The molecule has 6 rings (SSSR count). The molecule has 0 spiro atoms. The average Bonchev–Trinajstić information content (AvgIpc) is 2.76. The number of ether oxygens (including phenoxy) is 1. The third kappa shape index (κ3) is 3.37. The lowest BCUT2D eigenvalue weighted by molar-refractivity contribution is 0.460. The largest absolute Gasteiger partial charge is 0.457 e. The molecule has 0 fully saturated rings. The highest BCUT2D eigenvalue weighted by molar-refractivity contribution is 7.99. The number of rotatable bonds is 0. The topological polar surface area (TPSA) is 21.3 Å². The molecule has 0 radical (unpaired) electrons. The van der Waals surface area contributed by atoms with Gasteiger partial charge in [0, 0.05) is 16.2 Å². The van der Waals surface area contributed by atoms with Gasteiger partial charge in [-0.1, -0.05) is 72.4 Å². The number of nitrogens with one attached hydrogen (secondary N) is 1. The van der Waals surface area contributed by atoms with Gasteiger partial charge in [0.05, 0.1) is 11.4 Å². The highest BCUT2D eigenvalue weighted by Crippen LogP contribution is 2.43. The Labute approximate surface area is 169 Å². The van der Waals surface area contributed by atoms with Crippen LogP contribution in [0.15, 0.2) is 107 Å². The van der Waals surface area contributed by atoms with Gasteiger partial charge in [-0.25, -0.2) is 0 Å². The molecule has 0 saturated carbocycles. The van der Waals surface area contributed by atoms with E-state index in [4.69, 9.17) is 4.74 Å². The number of benzene rings is 4. The summed E-state index contributed by atoms with van der Waals surface area (Å²) >= 11 is 1.82. The normalized spacial score (nSPS) is 12.6. The predicted molar refractivity (Wildman–Crippen MR) is 116 cm³/mol. The van der Waals surface area contributed by atoms with E-state index in [1.54, 1.807) is 0 Å². The van der Waals surface area contributed by atoms with E-state index in [9.17, 15) is 0 Å². The molecular weight excluding hydrogens is 362 g/mol. The van der Waals surface area contributed by atoms with Crippen LogP contribution in [-0.4, -0.2) is 0 Å². The molecule has 0 bridgehead atoms. The molecular formula is C25H19NOS. The SMILES string of the molecule is c1ccc2c(c1)Cc1ccccc1O2.c1ccc2c(c1)Nc1ccccc1S2. The van der Waals surface area contributed by atoms with Crippen molar-refractivity contribution >= 4 is 23.1 Å². The second kappa shape index (κ2) is 7.45. The van der Waals surface area contributed by atoms with Crippen molar-refractivity contribution in [3.05, 3.63) is 108 Å². The Kier molecular flexibility index (Phi) is 4.51. The predicted octanol–water partition coefficient (Wildman–Crippen LogP) is 7.28. The Balaban J connectivity index is 0.000000122. The maximum atomic E-state index is 5.78. The van der Waals surface area contributed by atoms with Crippen LogP contribution in [0.4, 0.5) is 11.4 Å². The van der Waals surface area contributed by atoms with E-state index in [0.29, 0.717) is 0 Å². The van der Waals surface area contributed by atoms with Gasteiger partial charge in [0.2, 0.25) is 0 Å². The van der Waals surface area contributed by atoms with Gasteiger partial charge in [-0.3, -0.25) is 0 Å². The van der Waals surface area contributed by atoms with Gasteiger partial charge in [0.1, 0.15) is 11.5 Å². The minimum atomic E-state index is 0.979. The van der Waals surface area contributed by atoms with Crippen LogP contribution in [-0.2, 0) is 6.42 Å². The molecule has 0 unspecified atom stereocenters. The van der Waals surface area contributed by atoms with Crippen LogP contribution in [0.25, 0.3) is 0 Å². The fourth-order valence-electron chi connectivity index (χ4n) is 3.40. The molecule has 0 amide bonds. The quantitative estimate of drug-likeness (QED) is 0.299. The summed E-state index contributed by atoms with van der Waals surface area (Å²) < 4.78 is 5.78. The summed E-state index contributed by atoms with van der Waals surface area (Å²) in [6.07, 6.45) is 0.979. The summed E-state index contributed by atoms with van der Waals surface area (Å²) in [6, 6.07) is 33.1. The summed E-state index contributed by atoms with van der Waals surface area (Å²) in [5.41, 5.74) is 4.95. The van der Waals surface area contributed by atoms with Gasteiger partial charge in [0.15, 0.2) is 0 Å². The summed E-state index contributed by atoms with van der Waals surface area (Å²) in [6.45, 7) is 0. The van der Waals surface area contributed by atoms with Crippen molar-refractivity contribution < 1.29 is 4.74 Å². The van der Waals surface area contributed by atoms with Crippen molar-refractivity contribution in [2.75, 3.05) is 5.32 Å². The first-order valence-corrected chi connectivity index (χ1v) is 10.1. The Morgan fingerprint density at radius 1 is 0.571 bits per heavy atom. The van der Waals surface area contributed by atoms with E-state index in [-0.39, 0.29) is 0 Å². The molecule has 136 valence electrons. The van der Waals surface area contributed by atoms with Crippen LogP contribution in [0.2, 0.25) is 0 Å². The van der Waals surface area contributed by atoms with E-state index in [0.717, 1.165) is 17.9 Å². The van der Waals surface area contributed by atoms with Gasteiger partial charge in [-0.15, -0.1) is 0 Å². The second-order valence-electron chi connectivity index (χ2n) is 6.71. The summed E-state index contributed by atoms with van der Waals surface area (Å²) in [4.78, 5) is 2.59. The zero-order valence-electron chi connectivity index (χ0n) is 15.3. The fourth-order valence-corrected chi connectivity index (χ4v) is 4.39. The van der Waals surface area contributed by atoms with Crippen LogP contribution in [0.3, 0.4) is 0 Å². The molecule has 0 atom stereocenters. The molecule has 0 saturated heterocycles. The van der Waals surface area contributed by atoms with E-state index in [2.05, 4.69) is 78.1 Å². The summed E-state index contributed by atoms with van der Waals surface area (Å²) in [7, 11) is 0. The van der Waals surface area contributed by atoms with Crippen molar-refractivity contribution in [2.24, 2.45) is 0 Å². The fraction of sp³-hybridized carbons (Fsp3) is 0.0400. The van der Waals surface area contributed by atoms with E-state index in [1.807, 2.05) is 36.0 Å². The number of hydrogen-bond acceptors (Lipinski definition) is 3. The van der Waals surface area contributed by atoms with Crippen molar-refractivity contribution in [2.45, 2.75) is 16.2 Å². The summed E-state index contributed by atoms with van der Waals surface area (Å²) in [5, 5.41) is 3.42. The van der Waals surface area contributed by atoms with E-state index in [1.165, 1.54) is 32.3 Å². The molecule has 2 aliphatic heterocycles. The van der Waals surface area contributed by atoms with Crippen molar-refractivity contribution in [1.82, 2.24) is 0 Å². The molecule has 28 heavy (non-hydrogen) atoms. The van der Waals surface area contributed by atoms with Crippen LogP contribution in [0.1, 0.15) is 11.1 Å². The molecule has 1 N–H and O–H groups in total. The minimum absolute atomic E-state index is 0.979. The average molecular weight is 382 g/mol. The molecule has 2 aliphatic rings. The molecule has 4 aromatic rings. The van der Waals surface area contributed by atoms with Crippen LogP contribution < -0.4 is 10.1 Å². The Morgan fingerprint density at radius 3 is 1.61 bits per heavy atom. The van der Waals surface area contributed by atoms with Crippen molar-refractivity contribution in [3.8, 4) is 11.5 Å². The minimum Gasteiger partial charge on any atom is -0.457 e. The first kappa shape index (κ1) is 17.0. The van der Waals surface area contributed by atoms with Gasteiger partial charge in [-0.05, 0) is 47.5 Å². The van der Waals surface area contributed by atoms with Crippen LogP contribution in [0.5, 0.6) is 11.5 Å². The number of hydrogen-bond donors (Lipinski definition) is 1. The molecule has 0 aliphatic carbocycles. The van der Waals surface area contributed by atoms with Gasteiger partial charge >= 0.3 is 0 Å². The number of fused-ring (bicyclic) bond motifs is 4. The standard InChI is InChI=1S/C13H10O.C12H9NS/c1-3-7-12-10(5-1)9-11-6-2-4-8-13(11)14-12;1-3-7-11-9(5-1)13-10-6-2-4-8-12(10)14-11/h1-8H,9H2;1-8,13H. The van der Waals surface area contributed by atoms with Gasteiger partial charge in [0.25, 0.3) is 0 Å². The molecule has 2 nitrogen and oxygen atoms in total. The maximum absolute atomic E-state index is 5.78. The Hall–Kier alpha value is -3.17. The van der Waals surface area contributed by atoms with Gasteiger partial charge in [-0.2, -0.15) is 0 Å². The van der Waals surface area contributed by atoms with E-state index < -0.39 is 0 Å². The second-order valence-corrected chi connectivity index (χ2v) is 7.80. The first-order valence-electron chi connectivity index (χ1n) is 9.33. The molecule has 0 aromatic heterocycles. The van der Waals surface area contributed by atoms with E-state index >= 15 is 0 Å². The Bertz CT molecular complexity index is 872. The Morgan fingerprint density at radius 2 is 1.04 bits per heavy atom. The van der Waals surface area contributed by atoms with Crippen LogP contribution in [0, 0.1) is 0 Å². The monoisotopic (exact) mass is 381 g/mol. The summed E-state index contributed by atoms with van der Waals surface area (Å²) in [5.74, 6) is 1.98. The smallest absolute Gasteiger partial charge is 0.130 e. The molecule has 2 heterocycles. The lowest BCUT2D eigenvalue weighted by Crippen LogP contribution is -2.01. The third-order valence-electron chi connectivity index (χ3n) is 4.81. The van der Waals surface area contributed by atoms with Crippen molar-refractivity contribution in [1.29, 1.82) is 0 Å². The first-order chi connectivity index (χ1) is 13.9. The number of anilines is 2. The lowest BCUT2D eigenvalue weighted by atomic mass is 10.0. The molecule has 3 heteroatoms. The van der Waals surface area contributed by atoms with Gasteiger partial charge < -0.3 is 10.1 Å².